The molecular formula is C35H34N8O4. The van der Waals surface area contributed by atoms with Gasteiger partial charge in [-0.3, -0.25) is 4.79 Å². The Hall–Kier alpha value is -5.80. The summed E-state index contributed by atoms with van der Waals surface area (Å²) >= 11 is 0. The largest absolute Gasteiger partial charge is 0.494 e. The lowest BCUT2D eigenvalue weighted by Gasteiger charge is -2.32. The van der Waals surface area contributed by atoms with Crippen LogP contribution in [0.25, 0.3) is 20.9 Å². The summed E-state index contributed by atoms with van der Waals surface area (Å²) < 4.78 is 12.3. The quantitative estimate of drug-likeness (QED) is 0.0642. The Labute approximate surface area is 272 Å². The summed E-state index contributed by atoms with van der Waals surface area (Å²) in [5, 5.41) is 19.9. The van der Waals surface area contributed by atoms with Crippen LogP contribution >= 0.6 is 0 Å². The summed E-state index contributed by atoms with van der Waals surface area (Å²) in [7, 11) is 0. The van der Waals surface area contributed by atoms with Gasteiger partial charge in [0.05, 0.1) is 13.2 Å². The van der Waals surface area contributed by atoms with E-state index in [-0.39, 0.29) is 32.0 Å². The van der Waals surface area contributed by atoms with Crippen LogP contribution in [0.5, 0.6) is 5.75 Å². The van der Waals surface area contributed by atoms with Gasteiger partial charge < -0.3 is 19.9 Å². The molecule has 47 heavy (non-hydrogen) atoms. The summed E-state index contributed by atoms with van der Waals surface area (Å²) in [6.07, 6.45) is -0.402. The monoisotopic (exact) mass is 630 g/mol. The molecule has 2 atom stereocenters. The molecule has 238 valence electrons. The summed E-state index contributed by atoms with van der Waals surface area (Å²) in [6, 6.07) is 29.4. The zero-order chi connectivity index (χ0) is 33.1. The smallest absolute Gasteiger partial charge is 0.252 e. The first kappa shape index (κ1) is 32.6. The lowest BCUT2D eigenvalue weighted by atomic mass is 9.80. The first-order valence-corrected chi connectivity index (χ1v) is 15.1. The highest BCUT2D eigenvalue weighted by atomic mass is 16.5. The highest BCUT2D eigenvalue weighted by Crippen LogP contribution is 2.45. The summed E-state index contributed by atoms with van der Waals surface area (Å²) in [5.41, 5.74) is 21.8. The van der Waals surface area contributed by atoms with E-state index in [0.717, 1.165) is 22.3 Å². The number of benzene rings is 4. The van der Waals surface area contributed by atoms with Crippen molar-refractivity contribution >= 4 is 17.5 Å². The SMILES string of the molecule is Cc1cccc(CNC(=O)[C@]2(Cc3ccccc3CN=[N+]=[N-])N=C(c3ccc(OCCCO)cc3)O[C@@H]2c2ccccc2N=[N+]=[N-])c1. The first-order chi connectivity index (χ1) is 23.0. The maximum Gasteiger partial charge on any atom is 0.252 e. The third-order valence-corrected chi connectivity index (χ3v) is 7.82. The van der Waals surface area contributed by atoms with Gasteiger partial charge in [0.2, 0.25) is 5.90 Å². The predicted molar refractivity (Wildman–Crippen MR) is 178 cm³/mol. The van der Waals surface area contributed by atoms with Crippen LogP contribution in [-0.4, -0.2) is 35.7 Å². The van der Waals surface area contributed by atoms with Gasteiger partial charge in [-0.25, -0.2) is 4.99 Å². The van der Waals surface area contributed by atoms with Gasteiger partial charge in [0.1, 0.15) is 5.75 Å². The average molecular weight is 631 g/mol. The van der Waals surface area contributed by atoms with E-state index < -0.39 is 17.6 Å². The van der Waals surface area contributed by atoms with Gasteiger partial charge in [0.15, 0.2) is 11.6 Å². The number of ether oxygens (including phenoxy) is 2. The molecule has 1 amide bonds. The number of aliphatic imine (C=N–C) groups is 1. The molecule has 1 aliphatic rings. The van der Waals surface area contributed by atoms with Gasteiger partial charge in [-0.15, -0.1) is 0 Å². The van der Waals surface area contributed by atoms with Gasteiger partial charge in [-0.1, -0.05) is 88.6 Å². The van der Waals surface area contributed by atoms with E-state index in [9.17, 15) is 10.3 Å². The molecule has 5 rings (SSSR count). The zero-order valence-electron chi connectivity index (χ0n) is 25.9. The fourth-order valence-electron chi connectivity index (χ4n) is 5.55. The standard InChI is InChI=1S/C35H34N8O4/c1-24-8-6-9-25(20-24)22-38-34(45)35(21-27-10-2-3-11-28(27)23-39-42-36)32(30-12-4-5-13-31(30)41-43-37)47-33(40-35)26-14-16-29(17-15-26)46-19-7-18-44/h2-6,8-17,20,32,44H,7,18-19,21-23H2,1H3,(H,38,45)/t32-,35-/m1/s1. The number of aliphatic hydroxyl groups excluding tert-OH is 1. The van der Waals surface area contributed by atoms with Crippen LogP contribution in [0.15, 0.2) is 112 Å². The second-order valence-corrected chi connectivity index (χ2v) is 11.0. The number of nitrogens with zero attached hydrogens (tertiary/aromatic N) is 7. The first-order valence-electron chi connectivity index (χ1n) is 15.1. The molecule has 0 radical (unpaired) electrons. The van der Waals surface area contributed by atoms with Crippen molar-refractivity contribution in [1.29, 1.82) is 0 Å². The Balaban J connectivity index is 1.64. The minimum absolute atomic E-state index is 0.0292. The topological polar surface area (TPSA) is 178 Å². The van der Waals surface area contributed by atoms with Crippen molar-refractivity contribution in [1.82, 2.24) is 5.32 Å². The number of nitrogens with one attached hydrogen (secondary N) is 1. The zero-order valence-corrected chi connectivity index (χ0v) is 25.9. The molecule has 0 saturated heterocycles. The molecule has 1 heterocycles. The minimum atomic E-state index is -1.57. The Morgan fingerprint density at radius 3 is 2.51 bits per heavy atom. The molecule has 0 unspecified atom stereocenters. The second-order valence-electron chi connectivity index (χ2n) is 11.0. The number of aliphatic hydroxyl groups is 1. The summed E-state index contributed by atoms with van der Waals surface area (Å²) in [4.78, 5) is 25.7. The van der Waals surface area contributed by atoms with E-state index >= 15 is 0 Å². The van der Waals surface area contributed by atoms with Crippen molar-refractivity contribution in [3.63, 3.8) is 0 Å². The lowest BCUT2D eigenvalue weighted by Crippen LogP contribution is -2.49. The van der Waals surface area contributed by atoms with Crippen LogP contribution in [-0.2, 0) is 29.0 Å². The fraction of sp³-hybridized carbons (Fsp3) is 0.257. The fourth-order valence-corrected chi connectivity index (χ4v) is 5.55. The predicted octanol–water partition coefficient (Wildman–Crippen LogP) is 7.32. The normalized spacial score (nSPS) is 16.6. The van der Waals surface area contributed by atoms with E-state index in [1.165, 1.54) is 0 Å². The number of hydrogen-bond donors (Lipinski definition) is 2. The van der Waals surface area contributed by atoms with Crippen molar-refractivity contribution in [3.05, 3.63) is 151 Å². The van der Waals surface area contributed by atoms with Crippen molar-refractivity contribution in [2.24, 2.45) is 15.2 Å². The van der Waals surface area contributed by atoms with Crippen LogP contribution in [0, 0.1) is 6.92 Å². The third kappa shape index (κ3) is 7.71. The molecule has 2 N–H and O–H groups in total. The van der Waals surface area contributed by atoms with Gasteiger partial charge in [0, 0.05) is 52.6 Å². The molecule has 0 bridgehead atoms. The molecule has 4 aromatic rings. The molecule has 0 saturated carbocycles. The Morgan fingerprint density at radius 2 is 1.77 bits per heavy atom. The van der Waals surface area contributed by atoms with Crippen LogP contribution in [0.4, 0.5) is 5.69 Å². The van der Waals surface area contributed by atoms with Crippen LogP contribution in [0.1, 0.15) is 45.9 Å². The summed E-state index contributed by atoms with van der Waals surface area (Å²) in [6.45, 7) is 2.72. The Bertz CT molecular complexity index is 1850. The maximum absolute atomic E-state index is 14.7. The highest BCUT2D eigenvalue weighted by molar-refractivity contribution is 6.01. The Morgan fingerprint density at radius 1 is 1.00 bits per heavy atom. The average Bonchev–Trinajstić information content (AvgIpc) is 3.48. The van der Waals surface area contributed by atoms with Crippen LogP contribution in [0.3, 0.4) is 0 Å². The molecule has 12 nitrogen and oxygen atoms in total. The third-order valence-electron chi connectivity index (χ3n) is 7.82. The molecule has 12 heteroatoms. The van der Waals surface area contributed by atoms with E-state index in [0.29, 0.717) is 35.6 Å². The molecule has 0 spiro atoms. The van der Waals surface area contributed by atoms with Crippen LogP contribution < -0.4 is 10.1 Å². The molecule has 0 aromatic heterocycles. The van der Waals surface area contributed by atoms with Gasteiger partial charge in [0.25, 0.3) is 5.91 Å². The van der Waals surface area contributed by atoms with E-state index in [1.807, 2.05) is 55.5 Å². The number of amides is 1. The molecule has 4 aromatic carbocycles. The van der Waals surface area contributed by atoms with Crippen molar-refractivity contribution in [2.75, 3.05) is 13.2 Å². The maximum atomic E-state index is 14.7. The molecular weight excluding hydrogens is 596 g/mol. The number of azide groups is 2. The van der Waals surface area contributed by atoms with Crippen molar-refractivity contribution in [3.8, 4) is 5.75 Å². The molecule has 0 aliphatic carbocycles. The highest BCUT2D eigenvalue weighted by Gasteiger charge is 2.54. The number of aryl methyl sites for hydroxylation is 1. The number of rotatable bonds is 14. The molecule has 1 aliphatic heterocycles. The van der Waals surface area contributed by atoms with Gasteiger partial charge >= 0.3 is 0 Å². The minimum Gasteiger partial charge on any atom is -0.494 e. The van der Waals surface area contributed by atoms with Crippen molar-refractivity contribution < 1.29 is 19.4 Å². The summed E-state index contributed by atoms with van der Waals surface area (Å²) in [5.74, 6) is 0.448. The van der Waals surface area contributed by atoms with E-state index in [1.54, 1.807) is 48.5 Å². The van der Waals surface area contributed by atoms with Gasteiger partial charge in [-0.2, -0.15) is 0 Å². The van der Waals surface area contributed by atoms with Crippen molar-refractivity contribution in [2.45, 2.75) is 44.5 Å². The molecule has 0 fully saturated rings. The number of hydrogen-bond acceptors (Lipinski definition) is 7. The van der Waals surface area contributed by atoms with Gasteiger partial charge in [-0.05, 0) is 58.9 Å². The van der Waals surface area contributed by atoms with E-state index in [4.69, 9.17) is 25.1 Å². The second kappa shape index (κ2) is 15.5. The Kier molecular flexibility index (Phi) is 10.7. The van der Waals surface area contributed by atoms with Crippen LogP contribution in [0.2, 0.25) is 0 Å². The number of carbonyl (C=O) groups is 1. The van der Waals surface area contributed by atoms with E-state index in [2.05, 4.69) is 25.4 Å². The lowest BCUT2D eigenvalue weighted by molar-refractivity contribution is -0.129. The number of carbonyl (C=O) groups excluding carboxylic acids is 1.